The largest absolute Gasteiger partial charge is 0.384 e. The molecule has 0 amide bonds. The molecule has 1 atom stereocenters. The van der Waals surface area contributed by atoms with Crippen molar-refractivity contribution in [2.24, 2.45) is 7.05 Å². The number of hydrogen-bond acceptors (Lipinski definition) is 4. The minimum atomic E-state index is -0.648. The van der Waals surface area contributed by atoms with Crippen LogP contribution >= 0.6 is 0 Å². The summed E-state index contributed by atoms with van der Waals surface area (Å²) in [4.78, 5) is 0. The number of rotatable bonds is 3. The maximum Gasteiger partial charge on any atom is 0.126 e. The van der Waals surface area contributed by atoms with Crippen LogP contribution in [-0.4, -0.2) is 32.8 Å². The molecule has 5 nitrogen and oxygen atoms in total. The van der Waals surface area contributed by atoms with Gasteiger partial charge in [0.2, 0.25) is 0 Å². The van der Waals surface area contributed by atoms with E-state index in [0.29, 0.717) is 0 Å². The lowest BCUT2D eigenvalue weighted by molar-refractivity contribution is -0.116. The number of hydrogen-bond donors (Lipinski definition) is 1. The monoisotopic (exact) mass is 239 g/mol. The normalized spacial score (nSPS) is 22.1. The number of methoxy groups -OCH3 is 1. The highest BCUT2D eigenvalue weighted by atomic mass is 16.5. The molecule has 0 aliphatic heterocycles. The van der Waals surface area contributed by atoms with Crippen molar-refractivity contribution in [2.45, 2.75) is 50.2 Å². The predicted octanol–water partition coefficient (Wildman–Crippen LogP) is 1.59. The summed E-state index contributed by atoms with van der Waals surface area (Å²) < 4.78 is 7.30. The van der Waals surface area contributed by atoms with Crippen molar-refractivity contribution in [1.29, 1.82) is 0 Å². The fourth-order valence-corrected chi connectivity index (χ4v) is 2.73. The summed E-state index contributed by atoms with van der Waals surface area (Å²) in [6, 6.07) is 0. The SMILES string of the molecule is COC1(C(O)c2cnnn2C)CCCCCC1. The topological polar surface area (TPSA) is 60.2 Å². The second-order valence-electron chi connectivity index (χ2n) is 4.87. The summed E-state index contributed by atoms with van der Waals surface area (Å²) in [5, 5.41) is 18.3. The molecule has 1 aromatic rings. The van der Waals surface area contributed by atoms with E-state index in [2.05, 4.69) is 10.3 Å². The molecule has 5 heteroatoms. The van der Waals surface area contributed by atoms with Crippen LogP contribution in [0.2, 0.25) is 0 Å². The molecule has 1 unspecified atom stereocenters. The van der Waals surface area contributed by atoms with Crippen LogP contribution < -0.4 is 0 Å². The number of aliphatic hydroxyl groups is 1. The van der Waals surface area contributed by atoms with Crippen molar-refractivity contribution in [3.63, 3.8) is 0 Å². The Balaban J connectivity index is 2.24. The molecule has 0 saturated heterocycles. The Hall–Kier alpha value is -0.940. The van der Waals surface area contributed by atoms with Gasteiger partial charge in [0.25, 0.3) is 0 Å². The second-order valence-corrected chi connectivity index (χ2v) is 4.87. The molecule has 1 aliphatic rings. The molecule has 0 spiro atoms. The zero-order chi connectivity index (χ0) is 12.3. The first kappa shape index (κ1) is 12.5. The average Bonchev–Trinajstić information content (AvgIpc) is 2.64. The van der Waals surface area contributed by atoms with Gasteiger partial charge in [0, 0.05) is 14.2 Å². The Morgan fingerprint density at radius 2 is 2.00 bits per heavy atom. The van der Waals surface area contributed by atoms with Crippen LogP contribution in [-0.2, 0) is 11.8 Å². The van der Waals surface area contributed by atoms with Gasteiger partial charge in [-0.1, -0.05) is 30.9 Å². The standard InChI is InChI=1S/C12H21N3O2/c1-15-10(9-13-14-15)11(16)12(17-2)7-5-3-4-6-8-12/h9,11,16H,3-8H2,1-2H3. The van der Waals surface area contributed by atoms with Gasteiger partial charge in [0.1, 0.15) is 6.10 Å². The minimum Gasteiger partial charge on any atom is -0.384 e. The first-order valence-corrected chi connectivity index (χ1v) is 6.27. The summed E-state index contributed by atoms with van der Waals surface area (Å²) in [6.07, 6.45) is 7.43. The van der Waals surface area contributed by atoms with Crippen molar-refractivity contribution < 1.29 is 9.84 Å². The van der Waals surface area contributed by atoms with Crippen molar-refractivity contribution >= 4 is 0 Å². The molecule has 0 radical (unpaired) electrons. The highest BCUT2D eigenvalue weighted by Gasteiger charge is 2.40. The van der Waals surface area contributed by atoms with E-state index < -0.39 is 11.7 Å². The van der Waals surface area contributed by atoms with Crippen LogP contribution in [0.3, 0.4) is 0 Å². The van der Waals surface area contributed by atoms with E-state index in [4.69, 9.17) is 4.74 Å². The van der Waals surface area contributed by atoms with Crippen LogP contribution in [0.5, 0.6) is 0 Å². The fraction of sp³-hybridized carbons (Fsp3) is 0.833. The lowest BCUT2D eigenvalue weighted by Crippen LogP contribution is -2.39. The number of nitrogens with zero attached hydrogens (tertiary/aromatic N) is 3. The van der Waals surface area contributed by atoms with Crippen molar-refractivity contribution in [3.8, 4) is 0 Å². The van der Waals surface area contributed by atoms with Crippen molar-refractivity contribution in [2.75, 3.05) is 7.11 Å². The Kier molecular flexibility index (Phi) is 3.79. The molecule has 0 bridgehead atoms. The summed E-state index contributed by atoms with van der Waals surface area (Å²) in [6.45, 7) is 0. The molecule has 96 valence electrons. The summed E-state index contributed by atoms with van der Waals surface area (Å²) in [5.74, 6) is 0. The van der Waals surface area contributed by atoms with E-state index in [0.717, 1.165) is 31.4 Å². The van der Waals surface area contributed by atoms with Crippen LogP contribution in [0, 0.1) is 0 Å². The highest BCUT2D eigenvalue weighted by Crippen LogP contribution is 2.39. The van der Waals surface area contributed by atoms with E-state index >= 15 is 0 Å². The Bertz CT molecular complexity index is 356. The molecule has 1 saturated carbocycles. The van der Waals surface area contributed by atoms with Crippen LogP contribution in [0.4, 0.5) is 0 Å². The van der Waals surface area contributed by atoms with E-state index in [1.165, 1.54) is 12.8 Å². The van der Waals surface area contributed by atoms with Gasteiger partial charge in [-0.05, 0) is 12.8 Å². The molecule has 1 N–H and O–H groups in total. The van der Waals surface area contributed by atoms with Gasteiger partial charge in [-0.2, -0.15) is 0 Å². The van der Waals surface area contributed by atoms with E-state index in [1.807, 2.05) is 0 Å². The van der Waals surface area contributed by atoms with Gasteiger partial charge in [-0.25, -0.2) is 4.68 Å². The first-order valence-electron chi connectivity index (χ1n) is 6.27. The summed E-state index contributed by atoms with van der Waals surface area (Å²) in [5.41, 5.74) is 0.264. The Labute approximate surface area is 102 Å². The maximum atomic E-state index is 10.6. The number of aryl methyl sites for hydroxylation is 1. The van der Waals surface area contributed by atoms with Gasteiger partial charge < -0.3 is 9.84 Å². The summed E-state index contributed by atoms with van der Waals surface area (Å²) in [7, 11) is 3.49. The number of aromatic nitrogens is 3. The number of ether oxygens (including phenoxy) is 1. The molecule has 0 aromatic carbocycles. The molecule has 1 aromatic heterocycles. The summed E-state index contributed by atoms with van der Waals surface area (Å²) >= 11 is 0. The Morgan fingerprint density at radius 1 is 1.35 bits per heavy atom. The Morgan fingerprint density at radius 3 is 2.47 bits per heavy atom. The number of aliphatic hydroxyl groups excluding tert-OH is 1. The van der Waals surface area contributed by atoms with Gasteiger partial charge in [-0.15, -0.1) is 5.10 Å². The van der Waals surface area contributed by atoms with Crippen molar-refractivity contribution in [3.05, 3.63) is 11.9 Å². The van der Waals surface area contributed by atoms with E-state index in [1.54, 1.807) is 25.0 Å². The smallest absolute Gasteiger partial charge is 0.126 e. The van der Waals surface area contributed by atoms with Crippen LogP contribution in [0.1, 0.15) is 50.3 Å². The maximum absolute atomic E-state index is 10.6. The van der Waals surface area contributed by atoms with E-state index in [9.17, 15) is 5.11 Å². The van der Waals surface area contributed by atoms with Crippen molar-refractivity contribution in [1.82, 2.24) is 15.0 Å². The van der Waals surface area contributed by atoms with Gasteiger partial charge in [0.15, 0.2) is 0 Å². The zero-order valence-electron chi connectivity index (χ0n) is 10.6. The van der Waals surface area contributed by atoms with E-state index in [-0.39, 0.29) is 0 Å². The third-order valence-electron chi connectivity index (χ3n) is 3.88. The lowest BCUT2D eigenvalue weighted by Gasteiger charge is -2.35. The molecule has 2 rings (SSSR count). The first-order chi connectivity index (χ1) is 8.19. The van der Waals surface area contributed by atoms with Gasteiger partial charge >= 0.3 is 0 Å². The fourth-order valence-electron chi connectivity index (χ4n) is 2.73. The molecule has 1 aliphatic carbocycles. The molecule has 17 heavy (non-hydrogen) atoms. The third-order valence-corrected chi connectivity index (χ3v) is 3.88. The highest BCUT2D eigenvalue weighted by molar-refractivity contribution is 5.07. The second kappa shape index (κ2) is 5.14. The van der Waals surface area contributed by atoms with Crippen LogP contribution in [0.15, 0.2) is 6.20 Å². The minimum absolute atomic E-state index is 0.466. The molecular formula is C12H21N3O2. The quantitative estimate of drug-likeness (QED) is 0.814. The lowest BCUT2D eigenvalue weighted by atomic mass is 9.86. The van der Waals surface area contributed by atoms with Gasteiger partial charge in [0.05, 0.1) is 17.5 Å². The third kappa shape index (κ3) is 2.35. The zero-order valence-corrected chi connectivity index (χ0v) is 10.6. The molecule has 1 heterocycles. The predicted molar refractivity (Wildman–Crippen MR) is 63.4 cm³/mol. The van der Waals surface area contributed by atoms with Gasteiger partial charge in [-0.3, -0.25) is 0 Å². The van der Waals surface area contributed by atoms with Crippen LogP contribution in [0.25, 0.3) is 0 Å². The molecule has 1 fully saturated rings. The molecular weight excluding hydrogens is 218 g/mol. The average molecular weight is 239 g/mol.